The molecule has 0 aromatic carbocycles. The van der Waals surface area contributed by atoms with Gasteiger partial charge in [0.25, 0.3) is 0 Å². The summed E-state index contributed by atoms with van der Waals surface area (Å²) in [5.74, 6) is -0.0624. The lowest BCUT2D eigenvalue weighted by Gasteiger charge is -2.22. The van der Waals surface area contributed by atoms with E-state index in [4.69, 9.17) is 4.74 Å². The molecule has 6 nitrogen and oxygen atoms in total. The lowest BCUT2D eigenvalue weighted by atomic mass is 10.0. The van der Waals surface area contributed by atoms with Crippen LogP contribution in [0.3, 0.4) is 0 Å². The van der Waals surface area contributed by atoms with E-state index in [0.717, 1.165) is 57.8 Å². The van der Waals surface area contributed by atoms with Crippen LogP contribution in [0.1, 0.15) is 316 Å². The van der Waals surface area contributed by atoms with Crippen molar-refractivity contribution in [2.45, 2.75) is 328 Å². The number of amides is 1. The number of hydrogen-bond donors (Lipinski definition) is 3. The summed E-state index contributed by atoms with van der Waals surface area (Å²) in [5.41, 5.74) is 0. The summed E-state index contributed by atoms with van der Waals surface area (Å²) >= 11 is 0. The summed E-state index contributed by atoms with van der Waals surface area (Å²) in [6.45, 7) is 4.93. The minimum atomic E-state index is -0.675. The molecule has 0 aliphatic heterocycles. The standard InChI is InChI=1S/C55H109NO5/c1-3-5-7-9-11-13-15-16-17-18-19-20-21-22-23-24-25-28-31-35-39-43-47-53(58)52(51-57)56-54(59)48-44-40-36-32-29-26-30-34-38-42-46-50-61-55(60)49-45-41-37-33-27-14-12-10-8-6-4-2/h52-53,57-58H,3-51H2,1-2H3,(H,56,59). The Bertz CT molecular complexity index is 867. The van der Waals surface area contributed by atoms with Crippen LogP contribution >= 0.6 is 0 Å². The second-order valence-electron chi connectivity index (χ2n) is 19.3. The monoisotopic (exact) mass is 864 g/mol. The molecule has 0 aromatic rings. The molecule has 1 amide bonds. The zero-order valence-electron chi connectivity index (χ0n) is 41.4. The maximum absolute atomic E-state index is 12.5. The minimum Gasteiger partial charge on any atom is -0.466 e. The van der Waals surface area contributed by atoms with Gasteiger partial charge in [-0.25, -0.2) is 0 Å². The second-order valence-corrected chi connectivity index (χ2v) is 19.3. The molecular weight excluding hydrogens is 755 g/mol. The van der Waals surface area contributed by atoms with E-state index in [1.807, 2.05) is 0 Å². The van der Waals surface area contributed by atoms with Crippen molar-refractivity contribution in [2.24, 2.45) is 0 Å². The first-order valence-corrected chi connectivity index (χ1v) is 27.8. The van der Waals surface area contributed by atoms with Gasteiger partial charge in [-0.1, -0.05) is 277 Å². The van der Waals surface area contributed by atoms with Crippen molar-refractivity contribution < 1.29 is 24.5 Å². The van der Waals surface area contributed by atoms with Crippen LogP contribution in [0.25, 0.3) is 0 Å². The Morgan fingerprint density at radius 1 is 0.393 bits per heavy atom. The fourth-order valence-electron chi connectivity index (χ4n) is 8.88. The molecule has 0 heterocycles. The van der Waals surface area contributed by atoms with Crippen LogP contribution in [0.2, 0.25) is 0 Å². The first-order chi connectivity index (χ1) is 30.0. The Balaban J connectivity index is 3.45. The number of ether oxygens (including phenoxy) is 1. The molecule has 2 atom stereocenters. The molecule has 0 fully saturated rings. The van der Waals surface area contributed by atoms with Gasteiger partial charge < -0.3 is 20.3 Å². The highest BCUT2D eigenvalue weighted by molar-refractivity contribution is 5.76. The first kappa shape index (κ1) is 59.9. The summed E-state index contributed by atoms with van der Waals surface area (Å²) in [5, 5.41) is 23.3. The number of aliphatic hydroxyl groups excluding tert-OH is 2. The van der Waals surface area contributed by atoms with Crippen LogP contribution in [0.5, 0.6) is 0 Å². The number of carbonyl (C=O) groups excluding carboxylic acids is 2. The summed E-state index contributed by atoms with van der Waals surface area (Å²) < 4.78 is 5.45. The van der Waals surface area contributed by atoms with Gasteiger partial charge in [-0.05, 0) is 25.7 Å². The molecule has 0 bridgehead atoms. The fraction of sp³-hybridized carbons (Fsp3) is 0.964. The molecule has 0 rings (SSSR count). The maximum atomic E-state index is 12.5. The largest absolute Gasteiger partial charge is 0.466 e. The second kappa shape index (κ2) is 51.5. The third-order valence-corrected chi connectivity index (χ3v) is 13.2. The van der Waals surface area contributed by atoms with Crippen LogP contribution in [-0.4, -0.2) is 47.4 Å². The van der Waals surface area contributed by atoms with Crippen LogP contribution in [0.4, 0.5) is 0 Å². The highest BCUT2D eigenvalue weighted by atomic mass is 16.5. The molecule has 0 saturated heterocycles. The van der Waals surface area contributed by atoms with E-state index in [9.17, 15) is 19.8 Å². The van der Waals surface area contributed by atoms with E-state index in [-0.39, 0.29) is 18.5 Å². The van der Waals surface area contributed by atoms with Crippen molar-refractivity contribution in [3.63, 3.8) is 0 Å². The van der Waals surface area contributed by atoms with Gasteiger partial charge in [-0.2, -0.15) is 0 Å². The molecule has 364 valence electrons. The quantitative estimate of drug-likeness (QED) is 0.0418. The Morgan fingerprint density at radius 2 is 0.672 bits per heavy atom. The number of esters is 1. The Morgan fingerprint density at radius 3 is 1.00 bits per heavy atom. The topological polar surface area (TPSA) is 95.9 Å². The molecule has 0 spiro atoms. The number of rotatable bonds is 52. The zero-order valence-corrected chi connectivity index (χ0v) is 41.4. The average molecular weight is 864 g/mol. The number of nitrogens with one attached hydrogen (secondary N) is 1. The van der Waals surface area contributed by atoms with Gasteiger partial charge in [0.15, 0.2) is 0 Å². The molecule has 61 heavy (non-hydrogen) atoms. The zero-order chi connectivity index (χ0) is 44.4. The van der Waals surface area contributed by atoms with Gasteiger partial charge in [0.1, 0.15) is 0 Å². The van der Waals surface area contributed by atoms with Crippen molar-refractivity contribution in [1.29, 1.82) is 0 Å². The number of aliphatic hydroxyl groups is 2. The third-order valence-electron chi connectivity index (χ3n) is 13.2. The normalized spacial score (nSPS) is 12.5. The van der Waals surface area contributed by atoms with Crippen molar-refractivity contribution in [1.82, 2.24) is 5.32 Å². The molecule has 0 radical (unpaired) electrons. The summed E-state index contributed by atoms with van der Waals surface area (Å²) in [4.78, 5) is 24.5. The van der Waals surface area contributed by atoms with Crippen LogP contribution < -0.4 is 5.32 Å². The van der Waals surface area contributed by atoms with Crippen molar-refractivity contribution in [3.05, 3.63) is 0 Å². The van der Waals surface area contributed by atoms with Crippen molar-refractivity contribution in [2.75, 3.05) is 13.2 Å². The highest BCUT2D eigenvalue weighted by Crippen LogP contribution is 2.18. The smallest absolute Gasteiger partial charge is 0.305 e. The fourth-order valence-corrected chi connectivity index (χ4v) is 8.88. The highest BCUT2D eigenvalue weighted by Gasteiger charge is 2.20. The Kier molecular flexibility index (Phi) is 50.5. The molecule has 3 N–H and O–H groups in total. The minimum absolute atomic E-state index is 0.0126. The maximum Gasteiger partial charge on any atom is 0.305 e. The SMILES string of the molecule is CCCCCCCCCCCCCCCCCCCCCCCCC(O)C(CO)NC(=O)CCCCCCCCCCCCCOC(=O)CCCCCCCCCCCCC. The lowest BCUT2D eigenvalue weighted by molar-refractivity contribution is -0.143. The van der Waals surface area contributed by atoms with Gasteiger partial charge in [0, 0.05) is 12.8 Å². The van der Waals surface area contributed by atoms with Crippen molar-refractivity contribution in [3.8, 4) is 0 Å². The Labute approximate surface area is 381 Å². The van der Waals surface area contributed by atoms with Crippen LogP contribution in [0, 0.1) is 0 Å². The van der Waals surface area contributed by atoms with Gasteiger partial charge in [-0.3, -0.25) is 9.59 Å². The molecule has 0 aliphatic carbocycles. The van der Waals surface area contributed by atoms with Gasteiger partial charge in [-0.15, -0.1) is 0 Å². The van der Waals surface area contributed by atoms with E-state index >= 15 is 0 Å². The molecular formula is C55H109NO5. The molecule has 6 heteroatoms. The number of carbonyl (C=O) groups is 2. The van der Waals surface area contributed by atoms with E-state index < -0.39 is 12.1 Å². The van der Waals surface area contributed by atoms with Gasteiger partial charge in [0.2, 0.25) is 5.91 Å². The summed E-state index contributed by atoms with van der Waals surface area (Å²) in [7, 11) is 0. The predicted molar refractivity (Wildman–Crippen MR) is 264 cm³/mol. The van der Waals surface area contributed by atoms with Crippen LogP contribution in [0.15, 0.2) is 0 Å². The van der Waals surface area contributed by atoms with Crippen LogP contribution in [-0.2, 0) is 14.3 Å². The first-order valence-electron chi connectivity index (χ1n) is 27.8. The number of unbranched alkanes of at least 4 members (excludes halogenated alkanes) is 41. The summed E-state index contributed by atoms with van der Waals surface area (Å²) in [6, 6.07) is -0.554. The van der Waals surface area contributed by atoms with E-state index in [2.05, 4.69) is 19.2 Å². The Hall–Kier alpha value is -1.14. The molecule has 0 aliphatic rings. The third kappa shape index (κ3) is 48.2. The number of hydrogen-bond acceptors (Lipinski definition) is 5. The average Bonchev–Trinajstić information content (AvgIpc) is 3.26. The lowest BCUT2D eigenvalue weighted by Crippen LogP contribution is -2.45. The van der Waals surface area contributed by atoms with Gasteiger partial charge >= 0.3 is 5.97 Å². The van der Waals surface area contributed by atoms with E-state index in [1.165, 1.54) is 225 Å². The van der Waals surface area contributed by atoms with Gasteiger partial charge in [0.05, 0.1) is 25.4 Å². The van der Waals surface area contributed by atoms with E-state index in [1.54, 1.807) is 0 Å². The van der Waals surface area contributed by atoms with E-state index in [0.29, 0.717) is 25.9 Å². The summed E-state index contributed by atoms with van der Waals surface area (Å²) in [6.07, 6.45) is 58.0. The van der Waals surface area contributed by atoms with Crippen molar-refractivity contribution >= 4 is 11.9 Å². The predicted octanol–water partition coefficient (Wildman–Crippen LogP) is 16.7. The molecule has 0 saturated carbocycles. The molecule has 0 aromatic heterocycles. The molecule has 2 unspecified atom stereocenters.